The van der Waals surface area contributed by atoms with Gasteiger partial charge in [-0.05, 0) is 19.8 Å². The molecule has 0 aromatic carbocycles. The summed E-state index contributed by atoms with van der Waals surface area (Å²) in [5, 5.41) is -0.375. The quantitative estimate of drug-likeness (QED) is 0.596. The molecule has 3 N–H and O–H groups in total. The Hall–Kier alpha value is -0.620. The van der Waals surface area contributed by atoms with Gasteiger partial charge in [0.2, 0.25) is 15.9 Å². The van der Waals surface area contributed by atoms with Crippen molar-refractivity contribution in [2.24, 2.45) is 5.73 Å². The van der Waals surface area contributed by atoms with Crippen LogP contribution in [0.3, 0.4) is 0 Å². The summed E-state index contributed by atoms with van der Waals surface area (Å²) in [6.07, 6.45) is 1.28. The van der Waals surface area contributed by atoms with E-state index in [0.717, 1.165) is 0 Å². The van der Waals surface area contributed by atoms with Crippen LogP contribution in [0.2, 0.25) is 0 Å². The van der Waals surface area contributed by atoms with E-state index in [1.165, 1.54) is 6.92 Å². The van der Waals surface area contributed by atoms with Crippen molar-refractivity contribution in [1.29, 1.82) is 0 Å². The van der Waals surface area contributed by atoms with Gasteiger partial charge < -0.3 is 5.73 Å². The Morgan fingerprint density at radius 3 is 2.42 bits per heavy atom. The molecule has 70 valence electrons. The van der Waals surface area contributed by atoms with E-state index in [2.05, 4.69) is 0 Å². The lowest BCUT2D eigenvalue weighted by molar-refractivity contribution is -0.120. The molecule has 1 atom stereocenters. The Morgan fingerprint density at radius 2 is 2.08 bits per heavy atom. The van der Waals surface area contributed by atoms with Gasteiger partial charge in [-0.2, -0.15) is 0 Å². The summed E-state index contributed by atoms with van der Waals surface area (Å²) in [4.78, 5) is 10.9. The number of nitrogens with one attached hydrogen (secondary N) is 1. The fourth-order valence-electron chi connectivity index (χ4n) is 0.695. The topological polar surface area (TPSA) is 89.3 Å². The highest BCUT2D eigenvalue weighted by Gasteiger charge is 2.37. The number of hydrogen-bond donors (Lipinski definition) is 2. The number of carbonyl (C=O) groups excluding carboxylic acids is 1. The number of nitrogens with two attached hydrogens (primary N) is 1. The molecule has 0 saturated heterocycles. The third-order valence-electron chi connectivity index (χ3n) is 1.62. The lowest BCUT2D eigenvalue weighted by Crippen LogP contribution is -2.42. The van der Waals surface area contributed by atoms with E-state index in [4.69, 9.17) is 5.73 Å². The van der Waals surface area contributed by atoms with Gasteiger partial charge in [-0.1, -0.05) is 0 Å². The minimum Gasteiger partial charge on any atom is -0.320 e. The molecular formula is C6H12N2O3S. The van der Waals surface area contributed by atoms with E-state index in [9.17, 15) is 13.2 Å². The molecule has 1 amide bonds. The summed E-state index contributed by atoms with van der Waals surface area (Å²) in [5.74, 6) is -0.637. The molecule has 1 saturated carbocycles. The predicted octanol–water partition coefficient (Wildman–Crippen LogP) is -1.06. The van der Waals surface area contributed by atoms with Gasteiger partial charge >= 0.3 is 0 Å². The van der Waals surface area contributed by atoms with Crippen LogP contribution >= 0.6 is 0 Å². The van der Waals surface area contributed by atoms with Gasteiger partial charge in [-0.15, -0.1) is 0 Å². The molecule has 1 rings (SSSR count). The third-order valence-corrected chi connectivity index (χ3v) is 3.45. The molecule has 0 aromatic rings. The highest BCUT2D eigenvalue weighted by Crippen LogP contribution is 2.27. The molecule has 0 bridgehead atoms. The van der Waals surface area contributed by atoms with Crippen LogP contribution < -0.4 is 10.5 Å². The summed E-state index contributed by atoms with van der Waals surface area (Å²) in [6.45, 7) is 1.44. The van der Waals surface area contributed by atoms with Gasteiger partial charge in [0.15, 0.2) is 0 Å². The highest BCUT2D eigenvalue weighted by atomic mass is 32.2. The monoisotopic (exact) mass is 192 g/mol. The second kappa shape index (κ2) is 3.02. The average Bonchev–Trinajstić information content (AvgIpc) is 2.65. The molecule has 0 radical (unpaired) electrons. The van der Waals surface area contributed by atoms with Crippen molar-refractivity contribution in [1.82, 2.24) is 4.72 Å². The van der Waals surface area contributed by atoms with Gasteiger partial charge in [0.05, 0.1) is 11.3 Å². The molecule has 1 fully saturated rings. The van der Waals surface area contributed by atoms with E-state index in [0.29, 0.717) is 12.8 Å². The van der Waals surface area contributed by atoms with Crippen molar-refractivity contribution in [2.75, 3.05) is 0 Å². The number of sulfonamides is 1. The summed E-state index contributed by atoms with van der Waals surface area (Å²) in [5.41, 5.74) is 5.19. The Kier molecular flexibility index (Phi) is 2.39. The number of amides is 1. The first-order valence-electron chi connectivity index (χ1n) is 3.74. The standard InChI is InChI=1S/C6H12N2O3S/c1-4(7)6(9)8-12(10,11)5-2-3-5/h4-5H,2-3,7H2,1H3,(H,8,9)/t4-/m0/s1. The van der Waals surface area contributed by atoms with Crippen molar-refractivity contribution in [2.45, 2.75) is 31.1 Å². The van der Waals surface area contributed by atoms with Gasteiger partial charge in [0.25, 0.3) is 0 Å². The lowest BCUT2D eigenvalue weighted by Gasteiger charge is -2.06. The van der Waals surface area contributed by atoms with Gasteiger partial charge in [-0.3, -0.25) is 9.52 Å². The molecule has 6 heteroatoms. The number of carbonyl (C=O) groups is 1. The highest BCUT2D eigenvalue weighted by molar-refractivity contribution is 7.90. The third kappa shape index (κ3) is 2.18. The normalized spacial score (nSPS) is 20.2. The van der Waals surface area contributed by atoms with Crippen LogP contribution in [0.5, 0.6) is 0 Å². The van der Waals surface area contributed by atoms with Gasteiger partial charge in [0.1, 0.15) is 0 Å². The molecule has 0 heterocycles. The van der Waals surface area contributed by atoms with Crippen molar-refractivity contribution in [3.05, 3.63) is 0 Å². The zero-order valence-corrected chi connectivity index (χ0v) is 7.60. The van der Waals surface area contributed by atoms with Gasteiger partial charge in [-0.25, -0.2) is 8.42 Å². The van der Waals surface area contributed by atoms with Crippen molar-refractivity contribution in [3.8, 4) is 0 Å². The molecule has 12 heavy (non-hydrogen) atoms. The average molecular weight is 192 g/mol. The zero-order valence-electron chi connectivity index (χ0n) is 6.78. The first-order chi connectivity index (χ1) is 5.43. The summed E-state index contributed by atoms with van der Waals surface area (Å²) >= 11 is 0. The fourth-order valence-corrected chi connectivity index (χ4v) is 2.08. The Labute approximate surface area is 71.4 Å². The van der Waals surface area contributed by atoms with Crippen molar-refractivity contribution in [3.63, 3.8) is 0 Å². The maximum atomic E-state index is 11.1. The predicted molar refractivity (Wildman–Crippen MR) is 43.7 cm³/mol. The lowest BCUT2D eigenvalue weighted by atomic mass is 10.4. The molecule has 0 aliphatic heterocycles. The zero-order chi connectivity index (χ0) is 9.35. The van der Waals surface area contributed by atoms with Crippen LogP contribution in [0.15, 0.2) is 0 Å². The smallest absolute Gasteiger partial charge is 0.250 e. The van der Waals surface area contributed by atoms with E-state index in [1.807, 2.05) is 4.72 Å². The maximum absolute atomic E-state index is 11.1. The van der Waals surface area contributed by atoms with Crippen LogP contribution in [-0.2, 0) is 14.8 Å². The van der Waals surface area contributed by atoms with Gasteiger partial charge in [0, 0.05) is 0 Å². The van der Waals surface area contributed by atoms with Crippen LogP contribution in [0, 0.1) is 0 Å². The number of hydrogen-bond acceptors (Lipinski definition) is 4. The molecule has 0 spiro atoms. The van der Waals surface area contributed by atoms with Crippen LogP contribution in [0.4, 0.5) is 0 Å². The van der Waals surface area contributed by atoms with Crippen molar-refractivity contribution >= 4 is 15.9 Å². The summed E-state index contributed by atoms with van der Waals surface area (Å²) in [6, 6.07) is -0.779. The van der Waals surface area contributed by atoms with Crippen molar-refractivity contribution < 1.29 is 13.2 Å². The summed E-state index contributed by atoms with van der Waals surface area (Å²) < 4.78 is 24.2. The first-order valence-corrected chi connectivity index (χ1v) is 5.29. The van der Waals surface area contributed by atoms with E-state index in [1.54, 1.807) is 0 Å². The summed E-state index contributed by atoms with van der Waals surface area (Å²) in [7, 11) is -3.41. The second-order valence-electron chi connectivity index (χ2n) is 3.00. The Morgan fingerprint density at radius 1 is 1.58 bits per heavy atom. The fraction of sp³-hybridized carbons (Fsp3) is 0.833. The Bertz CT molecular complexity index is 279. The molecule has 0 unspecified atom stereocenters. The maximum Gasteiger partial charge on any atom is 0.250 e. The van der Waals surface area contributed by atoms with Crippen LogP contribution in [-0.4, -0.2) is 25.6 Å². The van der Waals surface area contributed by atoms with Crippen LogP contribution in [0.25, 0.3) is 0 Å². The Balaban J connectivity index is 2.55. The largest absolute Gasteiger partial charge is 0.320 e. The van der Waals surface area contributed by atoms with E-state index < -0.39 is 22.0 Å². The molecule has 0 aromatic heterocycles. The molecular weight excluding hydrogens is 180 g/mol. The molecule has 1 aliphatic carbocycles. The minimum absolute atomic E-state index is 0.375. The SMILES string of the molecule is C[C@H](N)C(=O)NS(=O)(=O)C1CC1. The van der Waals surface area contributed by atoms with E-state index >= 15 is 0 Å². The van der Waals surface area contributed by atoms with E-state index in [-0.39, 0.29) is 5.25 Å². The minimum atomic E-state index is -3.41. The van der Waals surface area contributed by atoms with Crippen LogP contribution in [0.1, 0.15) is 19.8 Å². The first kappa shape index (κ1) is 9.47. The number of rotatable bonds is 3. The molecule has 1 aliphatic rings. The second-order valence-corrected chi connectivity index (χ2v) is 4.96. The molecule has 5 nitrogen and oxygen atoms in total.